The van der Waals surface area contributed by atoms with Gasteiger partial charge in [0, 0.05) is 17.5 Å². The van der Waals surface area contributed by atoms with Gasteiger partial charge in [0.15, 0.2) is 0 Å². The van der Waals surface area contributed by atoms with Gasteiger partial charge < -0.3 is 5.32 Å². The Morgan fingerprint density at radius 2 is 2.24 bits per heavy atom. The lowest BCUT2D eigenvalue weighted by Gasteiger charge is -2.19. The third kappa shape index (κ3) is 3.90. The molecule has 0 aliphatic rings. The molecule has 0 saturated heterocycles. The van der Waals surface area contributed by atoms with Crippen LogP contribution in [0, 0.1) is 0 Å². The molecule has 92 valence electrons. The molecule has 0 radical (unpaired) electrons. The Hall–Kier alpha value is -1.27. The van der Waals surface area contributed by atoms with Crippen LogP contribution in [0.4, 0.5) is 0 Å². The monoisotopic (exact) mass is 251 g/mol. The number of nitrogens with one attached hydrogen (secondary N) is 1. The zero-order valence-electron chi connectivity index (χ0n) is 10.3. The van der Waals surface area contributed by atoms with Crippen LogP contribution in [0.15, 0.2) is 18.0 Å². The number of hydrogen-bond acceptors (Lipinski definition) is 5. The van der Waals surface area contributed by atoms with E-state index in [0.717, 1.165) is 17.2 Å². The van der Waals surface area contributed by atoms with Crippen LogP contribution in [-0.4, -0.2) is 25.3 Å². The summed E-state index contributed by atoms with van der Waals surface area (Å²) in [6.07, 6.45) is 3.24. The first-order valence-corrected chi connectivity index (χ1v) is 6.42. The molecule has 2 aromatic rings. The highest BCUT2D eigenvalue weighted by molar-refractivity contribution is 7.09. The van der Waals surface area contributed by atoms with Crippen molar-refractivity contribution in [3.63, 3.8) is 0 Å². The van der Waals surface area contributed by atoms with Crippen LogP contribution in [0.1, 0.15) is 31.5 Å². The van der Waals surface area contributed by atoms with E-state index >= 15 is 0 Å². The Bertz CT molecular complexity index is 454. The number of nitrogens with zero attached hydrogens (tertiary/aromatic N) is 4. The van der Waals surface area contributed by atoms with Crippen molar-refractivity contribution in [1.29, 1.82) is 0 Å². The first-order chi connectivity index (χ1) is 8.03. The standard InChI is InChI=1S/C11H17N5S/c1-11(2,3)13-4-10-15-9(6-17-10)5-16-8-12-7-14-16/h6-8,13H,4-5H2,1-3H3. The van der Waals surface area contributed by atoms with Crippen LogP contribution in [0.25, 0.3) is 0 Å². The van der Waals surface area contributed by atoms with E-state index < -0.39 is 0 Å². The fourth-order valence-electron chi connectivity index (χ4n) is 1.32. The molecule has 0 fully saturated rings. The molecule has 0 aromatic carbocycles. The smallest absolute Gasteiger partial charge is 0.137 e. The highest BCUT2D eigenvalue weighted by Gasteiger charge is 2.10. The second kappa shape index (κ2) is 4.93. The molecular weight excluding hydrogens is 234 g/mol. The van der Waals surface area contributed by atoms with E-state index in [1.165, 1.54) is 6.33 Å². The summed E-state index contributed by atoms with van der Waals surface area (Å²) in [5, 5.41) is 10.7. The van der Waals surface area contributed by atoms with Crippen molar-refractivity contribution in [2.24, 2.45) is 0 Å². The Labute approximate surface area is 105 Å². The van der Waals surface area contributed by atoms with Gasteiger partial charge in [-0.2, -0.15) is 5.10 Å². The highest BCUT2D eigenvalue weighted by Crippen LogP contribution is 2.12. The summed E-state index contributed by atoms with van der Waals surface area (Å²) < 4.78 is 1.77. The molecule has 0 bridgehead atoms. The lowest BCUT2D eigenvalue weighted by molar-refractivity contribution is 0.423. The van der Waals surface area contributed by atoms with E-state index in [1.54, 1.807) is 22.3 Å². The second-order valence-electron chi connectivity index (χ2n) is 4.93. The van der Waals surface area contributed by atoms with Crippen molar-refractivity contribution < 1.29 is 0 Å². The van der Waals surface area contributed by atoms with Crippen molar-refractivity contribution >= 4 is 11.3 Å². The molecule has 6 heteroatoms. The zero-order chi connectivity index (χ0) is 12.3. The van der Waals surface area contributed by atoms with E-state index in [4.69, 9.17) is 0 Å². The molecule has 2 aromatic heterocycles. The van der Waals surface area contributed by atoms with Gasteiger partial charge in [0.2, 0.25) is 0 Å². The first-order valence-electron chi connectivity index (χ1n) is 5.54. The van der Waals surface area contributed by atoms with Gasteiger partial charge >= 0.3 is 0 Å². The van der Waals surface area contributed by atoms with Crippen molar-refractivity contribution in [3.8, 4) is 0 Å². The SMILES string of the molecule is CC(C)(C)NCc1nc(Cn2cncn2)cs1. The van der Waals surface area contributed by atoms with Gasteiger partial charge in [-0.1, -0.05) is 0 Å². The number of thiazole rings is 1. The van der Waals surface area contributed by atoms with Gasteiger partial charge in [0.1, 0.15) is 17.7 Å². The lowest BCUT2D eigenvalue weighted by atomic mass is 10.1. The average molecular weight is 251 g/mol. The highest BCUT2D eigenvalue weighted by atomic mass is 32.1. The minimum absolute atomic E-state index is 0.123. The van der Waals surface area contributed by atoms with E-state index in [9.17, 15) is 0 Å². The largest absolute Gasteiger partial charge is 0.306 e. The van der Waals surface area contributed by atoms with E-state index in [0.29, 0.717) is 6.54 Å². The third-order valence-electron chi connectivity index (χ3n) is 2.16. The Morgan fingerprint density at radius 3 is 2.88 bits per heavy atom. The Kier molecular flexibility index (Phi) is 3.54. The maximum atomic E-state index is 4.56. The number of aromatic nitrogens is 4. The summed E-state index contributed by atoms with van der Waals surface area (Å²) in [5.74, 6) is 0. The average Bonchev–Trinajstić information content (AvgIpc) is 2.86. The van der Waals surface area contributed by atoms with E-state index in [1.807, 2.05) is 0 Å². The van der Waals surface area contributed by atoms with Crippen molar-refractivity contribution in [3.05, 3.63) is 28.7 Å². The Balaban J connectivity index is 1.92. The molecule has 0 spiro atoms. The van der Waals surface area contributed by atoms with E-state index in [2.05, 4.69) is 46.5 Å². The van der Waals surface area contributed by atoms with E-state index in [-0.39, 0.29) is 5.54 Å². The van der Waals surface area contributed by atoms with Crippen LogP contribution in [-0.2, 0) is 13.1 Å². The summed E-state index contributed by atoms with van der Waals surface area (Å²) in [6.45, 7) is 7.95. The molecule has 0 atom stereocenters. The summed E-state index contributed by atoms with van der Waals surface area (Å²) in [6, 6.07) is 0. The topological polar surface area (TPSA) is 55.6 Å². The van der Waals surface area contributed by atoms with Crippen LogP contribution in [0.2, 0.25) is 0 Å². The number of hydrogen-bond donors (Lipinski definition) is 1. The fraction of sp³-hybridized carbons (Fsp3) is 0.545. The van der Waals surface area contributed by atoms with Crippen molar-refractivity contribution in [1.82, 2.24) is 25.1 Å². The summed E-state index contributed by atoms with van der Waals surface area (Å²) in [5.41, 5.74) is 1.16. The van der Waals surface area contributed by atoms with Crippen LogP contribution in [0.5, 0.6) is 0 Å². The lowest BCUT2D eigenvalue weighted by Crippen LogP contribution is -2.35. The normalized spacial score (nSPS) is 11.9. The molecule has 1 N–H and O–H groups in total. The van der Waals surface area contributed by atoms with Gasteiger partial charge in [0.05, 0.1) is 12.2 Å². The zero-order valence-corrected chi connectivity index (χ0v) is 11.2. The van der Waals surface area contributed by atoms with Crippen LogP contribution < -0.4 is 5.32 Å². The summed E-state index contributed by atoms with van der Waals surface area (Å²) in [4.78, 5) is 8.46. The maximum absolute atomic E-state index is 4.56. The molecule has 2 heterocycles. The van der Waals surface area contributed by atoms with Gasteiger partial charge in [-0.05, 0) is 20.8 Å². The molecule has 5 nitrogen and oxygen atoms in total. The molecule has 0 aliphatic heterocycles. The second-order valence-corrected chi connectivity index (χ2v) is 5.87. The van der Waals surface area contributed by atoms with Crippen LogP contribution in [0.3, 0.4) is 0 Å². The van der Waals surface area contributed by atoms with Gasteiger partial charge in [-0.15, -0.1) is 11.3 Å². The molecule has 0 amide bonds. The molecular formula is C11H17N5S. The minimum atomic E-state index is 0.123. The fourth-order valence-corrected chi connectivity index (χ4v) is 2.05. The summed E-state index contributed by atoms with van der Waals surface area (Å²) >= 11 is 1.68. The molecule has 2 rings (SSSR count). The van der Waals surface area contributed by atoms with Gasteiger partial charge in [-0.25, -0.2) is 14.6 Å². The van der Waals surface area contributed by atoms with Crippen LogP contribution >= 0.6 is 11.3 Å². The molecule has 0 unspecified atom stereocenters. The quantitative estimate of drug-likeness (QED) is 0.898. The first kappa shape index (κ1) is 12.2. The minimum Gasteiger partial charge on any atom is -0.306 e. The molecule has 0 aliphatic carbocycles. The number of rotatable bonds is 4. The Morgan fingerprint density at radius 1 is 1.41 bits per heavy atom. The molecule has 17 heavy (non-hydrogen) atoms. The summed E-state index contributed by atoms with van der Waals surface area (Å²) in [7, 11) is 0. The van der Waals surface area contributed by atoms with Crippen molar-refractivity contribution in [2.45, 2.75) is 39.4 Å². The maximum Gasteiger partial charge on any atom is 0.137 e. The third-order valence-corrected chi connectivity index (χ3v) is 3.06. The van der Waals surface area contributed by atoms with Gasteiger partial charge in [-0.3, -0.25) is 0 Å². The predicted molar refractivity (Wildman–Crippen MR) is 67.8 cm³/mol. The molecule has 0 saturated carbocycles. The van der Waals surface area contributed by atoms with Gasteiger partial charge in [0.25, 0.3) is 0 Å². The van der Waals surface area contributed by atoms with Crippen molar-refractivity contribution in [2.75, 3.05) is 0 Å². The predicted octanol–water partition coefficient (Wildman–Crippen LogP) is 1.67.